The number of rotatable bonds is 6. The number of carboxylic acid groups (broad SMARTS) is 1. The van der Waals surface area contributed by atoms with Crippen LogP contribution in [0.4, 0.5) is 4.79 Å². The Kier molecular flexibility index (Phi) is 6.07. The standard InChI is InChI=1S/C15H21NO3S/c1-15(2,3)16(14(18)19)9-13(10-17)20-11-12-7-5-4-6-8-12/h4-8,10,13H,9,11H2,1-3H3,(H,18,19). The predicted octanol–water partition coefficient (Wildman–Crippen LogP) is 3.27. The molecule has 0 fully saturated rings. The summed E-state index contributed by atoms with van der Waals surface area (Å²) < 4.78 is 0. The van der Waals surface area contributed by atoms with Gasteiger partial charge in [-0.3, -0.25) is 0 Å². The molecule has 0 aliphatic carbocycles. The zero-order chi connectivity index (χ0) is 15.2. The van der Waals surface area contributed by atoms with Gasteiger partial charge >= 0.3 is 6.09 Å². The fraction of sp³-hybridized carbons (Fsp3) is 0.467. The lowest BCUT2D eigenvalue weighted by molar-refractivity contribution is -0.107. The molecule has 0 saturated carbocycles. The van der Waals surface area contributed by atoms with Gasteiger partial charge in [-0.25, -0.2) is 4.79 Å². The summed E-state index contributed by atoms with van der Waals surface area (Å²) in [5.74, 6) is 0.696. The van der Waals surface area contributed by atoms with Crippen LogP contribution in [0.25, 0.3) is 0 Å². The van der Waals surface area contributed by atoms with E-state index in [1.54, 1.807) is 0 Å². The van der Waals surface area contributed by atoms with Crippen molar-refractivity contribution >= 4 is 24.1 Å². The van der Waals surface area contributed by atoms with E-state index in [9.17, 15) is 14.7 Å². The third-order valence-corrected chi connectivity index (χ3v) is 4.05. The van der Waals surface area contributed by atoms with E-state index < -0.39 is 11.6 Å². The smallest absolute Gasteiger partial charge is 0.407 e. The topological polar surface area (TPSA) is 57.6 Å². The molecular weight excluding hydrogens is 274 g/mol. The lowest BCUT2D eigenvalue weighted by atomic mass is 10.1. The highest BCUT2D eigenvalue weighted by Gasteiger charge is 2.28. The van der Waals surface area contributed by atoms with Crippen LogP contribution in [-0.2, 0) is 10.5 Å². The second-order valence-electron chi connectivity index (χ2n) is 5.54. The van der Waals surface area contributed by atoms with Crippen molar-refractivity contribution in [3.63, 3.8) is 0 Å². The van der Waals surface area contributed by atoms with Gasteiger partial charge in [0.05, 0.1) is 5.25 Å². The molecule has 1 aromatic rings. The van der Waals surface area contributed by atoms with Crippen molar-refractivity contribution in [2.45, 2.75) is 37.3 Å². The zero-order valence-electron chi connectivity index (χ0n) is 12.1. The molecule has 1 N–H and O–H groups in total. The molecule has 110 valence electrons. The summed E-state index contributed by atoms with van der Waals surface area (Å²) in [7, 11) is 0. The van der Waals surface area contributed by atoms with Gasteiger partial charge in [-0.1, -0.05) is 30.3 Å². The molecule has 0 aliphatic heterocycles. The summed E-state index contributed by atoms with van der Waals surface area (Å²) >= 11 is 1.46. The van der Waals surface area contributed by atoms with Crippen molar-refractivity contribution in [2.24, 2.45) is 0 Å². The van der Waals surface area contributed by atoms with Crippen molar-refractivity contribution in [1.29, 1.82) is 0 Å². The Morgan fingerprint density at radius 3 is 2.40 bits per heavy atom. The molecule has 1 unspecified atom stereocenters. The normalized spacial score (nSPS) is 12.8. The number of nitrogens with zero attached hydrogens (tertiary/aromatic N) is 1. The minimum Gasteiger partial charge on any atom is -0.465 e. The van der Waals surface area contributed by atoms with Crippen LogP contribution < -0.4 is 0 Å². The number of benzene rings is 1. The van der Waals surface area contributed by atoms with Crippen LogP contribution in [0.5, 0.6) is 0 Å². The Balaban J connectivity index is 2.62. The molecular formula is C15H21NO3S. The van der Waals surface area contributed by atoms with E-state index >= 15 is 0 Å². The summed E-state index contributed by atoms with van der Waals surface area (Å²) in [6.45, 7) is 5.68. The third kappa shape index (κ3) is 5.25. The van der Waals surface area contributed by atoms with Crippen LogP contribution in [0.3, 0.4) is 0 Å². The van der Waals surface area contributed by atoms with E-state index in [2.05, 4.69) is 0 Å². The van der Waals surface area contributed by atoms with Crippen LogP contribution >= 0.6 is 11.8 Å². The van der Waals surface area contributed by atoms with E-state index in [1.165, 1.54) is 16.7 Å². The Morgan fingerprint density at radius 2 is 1.95 bits per heavy atom. The van der Waals surface area contributed by atoms with Gasteiger partial charge in [-0.15, -0.1) is 11.8 Å². The second-order valence-corrected chi connectivity index (χ2v) is 6.76. The molecule has 0 spiro atoms. The molecule has 0 aromatic heterocycles. The van der Waals surface area contributed by atoms with Crippen LogP contribution in [0.1, 0.15) is 26.3 Å². The Labute approximate surface area is 124 Å². The second kappa shape index (κ2) is 7.33. The van der Waals surface area contributed by atoms with Gasteiger partial charge in [0.1, 0.15) is 6.29 Å². The fourth-order valence-electron chi connectivity index (χ4n) is 1.73. The Bertz CT molecular complexity index is 442. The maximum atomic E-state index is 11.3. The summed E-state index contributed by atoms with van der Waals surface area (Å²) in [6, 6.07) is 9.83. The molecule has 20 heavy (non-hydrogen) atoms. The number of thioether (sulfide) groups is 1. The van der Waals surface area contributed by atoms with Gasteiger partial charge in [0.15, 0.2) is 0 Å². The summed E-state index contributed by atoms with van der Waals surface area (Å²) in [5.41, 5.74) is 0.613. The SMILES string of the molecule is CC(C)(C)N(CC(C=O)SCc1ccccc1)C(=O)O. The average Bonchev–Trinajstić information content (AvgIpc) is 2.38. The molecule has 0 aliphatic rings. The van der Waals surface area contributed by atoms with E-state index in [1.807, 2.05) is 51.1 Å². The number of carbonyl (C=O) groups excluding carboxylic acids is 1. The van der Waals surface area contributed by atoms with Gasteiger partial charge in [0, 0.05) is 17.8 Å². The predicted molar refractivity (Wildman–Crippen MR) is 82.1 cm³/mol. The van der Waals surface area contributed by atoms with Gasteiger partial charge in [-0.05, 0) is 26.3 Å². The first kappa shape index (κ1) is 16.6. The first-order valence-corrected chi connectivity index (χ1v) is 7.51. The van der Waals surface area contributed by atoms with Gasteiger partial charge in [0.25, 0.3) is 0 Å². The molecule has 1 atom stereocenters. The van der Waals surface area contributed by atoms with Crippen molar-refractivity contribution in [2.75, 3.05) is 6.54 Å². The van der Waals surface area contributed by atoms with Crippen LogP contribution in [-0.4, -0.2) is 39.7 Å². The van der Waals surface area contributed by atoms with E-state index in [4.69, 9.17) is 0 Å². The largest absolute Gasteiger partial charge is 0.465 e. The summed E-state index contributed by atoms with van der Waals surface area (Å²) in [5, 5.41) is 8.88. The van der Waals surface area contributed by atoms with Crippen LogP contribution in [0.2, 0.25) is 0 Å². The number of aldehydes is 1. The highest BCUT2D eigenvalue weighted by atomic mass is 32.2. The molecule has 1 rings (SSSR count). The average molecular weight is 295 g/mol. The minimum absolute atomic E-state index is 0.208. The number of hydrogen-bond donors (Lipinski definition) is 1. The third-order valence-electron chi connectivity index (χ3n) is 2.86. The van der Waals surface area contributed by atoms with Crippen LogP contribution in [0.15, 0.2) is 30.3 Å². The minimum atomic E-state index is -0.996. The number of carbonyl (C=O) groups is 2. The van der Waals surface area contributed by atoms with Gasteiger partial charge in [0.2, 0.25) is 0 Å². The maximum absolute atomic E-state index is 11.3. The first-order valence-electron chi connectivity index (χ1n) is 6.46. The lowest BCUT2D eigenvalue weighted by Crippen LogP contribution is -2.48. The highest BCUT2D eigenvalue weighted by Crippen LogP contribution is 2.21. The summed E-state index contributed by atoms with van der Waals surface area (Å²) in [6.07, 6.45) is -0.167. The Morgan fingerprint density at radius 1 is 1.35 bits per heavy atom. The highest BCUT2D eigenvalue weighted by molar-refractivity contribution is 7.99. The maximum Gasteiger partial charge on any atom is 0.407 e. The molecule has 5 heteroatoms. The van der Waals surface area contributed by atoms with E-state index in [0.29, 0.717) is 5.75 Å². The number of amides is 1. The fourth-order valence-corrected chi connectivity index (χ4v) is 2.66. The van der Waals surface area contributed by atoms with Gasteiger partial charge < -0.3 is 14.8 Å². The molecule has 0 heterocycles. The molecule has 4 nitrogen and oxygen atoms in total. The molecule has 1 aromatic carbocycles. The first-order chi connectivity index (χ1) is 9.34. The summed E-state index contributed by atoms with van der Waals surface area (Å²) in [4.78, 5) is 23.8. The number of hydrogen-bond acceptors (Lipinski definition) is 3. The lowest BCUT2D eigenvalue weighted by Gasteiger charge is -2.34. The van der Waals surface area contributed by atoms with Crippen molar-refractivity contribution in [3.05, 3.63) is 35.9 Å². The van der Waals surface area contributed by atoms with Crippen molar-refractivity contribution < 1.29 is 14.7 Å². The monoisotopic (exact) mass is 295 g/mol. The van der Waals surface area contributed by atoms with E-state index in [0.717, 1.165) is 11.8 Å². The van der Waals surface area contributed by atoms with Gasteiger partial charge in [-0.2, -0.15) is 0 Å². The quantitative estimate of drug-likeness (QED) is 0.818. The zero-order valence-corrected chi connectivity index (χ0v) is 12.9. The van der Waals surface area contributed by atoms with Crippen molar-refractivity contribution in [3.8, 4) is 0 Å². The molecule has 1 amide bonds. The Hall–Kier alpha value is -1.49. The van der Waals surface area contributed by atoms with Crippen LogP contribution in [0, 0.1) is 0 Å². The molecule has 0 bridgehead atoms. The molecule has 0 radical (unpaired) electrons. The van der Waals surface area contributed by atoms with E-state index in [-0.39, 0.29) is 11.8 Å². The van der Waals surface area contributed by atoms with Crippen molar-refractivity contribution in [1.82, 2.24) is 4.90 Å². The molecule has 0 saturated heterocycles.